The van der Waals surface area contributed by atoms with Crippen LogP contribution in [0.3, 0.4) is 0 Å². The number of carbonyl (C=O) groups is 1. The van der Waals surface area contributed by atoms with E-state index in [9.17, 15) is 4.79 Å². The predicted molar refractivity (Wildman–Crippen MR) is 120 cm³/mol. The molecule has 4 aromatic rings. The van der Waals surface area contributed by atoms with Gasteiger partial charge in [-0.2, -0.15) is 0 Å². The number of hydrogen-bond acceptors (Lipinski definition) is 3. The number of amides is 1. The number of nitrogens with zero attached hydrogens (tertiary/aromatic N) is 2. The van der Waals surface area contributed by atoms with Crippen LogP contribution < -0.4 is 5.32 Å². The van der Waals surface area contributed by atoms with Gasteiger partial charge in [0.15, 0.2) is 0 Å². The van der Waals surface area contributed by atoms with Crippen molar-refractivity contribution in [1.82, 2.24) is 25.2 Å². The Morgan fingerprint density at radius 1 is 1.07 bits per heavy atom. The number of carbonyl (C=O) groups excluding carboxylic acids is 1. The Hall–Kier alpha value is -3.12. The Morgan fingerprint density at radius 2 is 1.90 bits per heavy atom. The summed E-state index contributed by atoms with van der Waals surface area (Å²) < 4.78 is 0. The van der Waals surface area contributed by atoms with Gasteiger partial charge in [0, 0.05) is 41.4 Å². The average Bonchev–Trinajstić information content (AvgIpc) is 3.39. The van der Waals surface area contributed by atoms with Crippen molar-refractivity contribution in [1.29, 1.82) is 0 Å². The molecule has 0 spiro atoms. The summed E-state index contributed by atoms with van der Waals surface area (Å²) in [5.74, 6) is 0.647. The molecule has 1 aliphatic rings. The van der Waals surface area contributed by atoms with E-state index in [0.717, 1.165) is 43.5 Å². The molecule has 30 heavy (non-hydrogen) atoms. The van der Waals surface area contributed by atoms with E-state index in [1.54, 1.807) is 0 Å². The van der Waals surface area contributed by atoms with Crippen molar-refractivity contribution < 1.29 is 4.79 Å². The van der Waals surface area contributed by atoms with Crippen molar-refractivity contribution in [3.8, 4) is 0 Å². The van der Waals surface area contributed by atoms with Crippen molar-refractivity contribution in [3.63, 3.8) is 0 Å². The number of para-hydroxylation sites is 1. The lowest BCUT2D eigenvalue weighted by atomic mass is 9.89. The first-order valence-corrected chi connectivity index (χ1v) is 10.7. The molecule has 154 valence electrons. The number of hydrogen-bond donors (Lipinski definition) is 3. The molecule has 0 aliphatic carbocycles. The molecule has 0 radical (unpaired) electrons. The summed E-state index contributed by atoms with van der Waals surface area (Å²) in [4.78, 5) is 25.7. The summed E-state index contributed by atoms with van der Waals surface area (Å²) in [5, 5.41) is 5.55. The summed E-state index contributed by atoms with van der Waals surface area (Å²) >= 11 is 0. The van der Waals surface area contributed by atoms with Gasteiger partial charge in [0.25, 0.3) is 0 Å². The fraction of sp³-hybridized carbons (Fsp3) is 0.333. The summed E-state index contributed by atoms with van der Waals surface area (Å²) in [6, 6.07) is 12.4. The van der Waals surface area contributed by atoms with E-state index in [1.165, 1.54) is 21.9 Å². The van der Waals surface area contributed by atoms with Crippen molar-refractivity contribution in [2.45, 2.75) is 25.2 Å². The zero-order valence-corrected chi connectivity index (χ0v) is 17.0. The molecule has 3 N–H and O–H groups in total. The Labute approximate surface area is 175 Å². The van der Waals surface area contributed by atoms with Crippen LogP contribution in [0.2, 0.25) is 0 Å². The highest BCUT2D eigenvalue weighted by Gasteiger charge is 2.24. The highest BCUT2D eigenvalue weighted by molar-refractivity contribution is 5.83. The van der Waals surface area contributed by atoms with Crippen LogP contribution in [0.1, 0.15) is 29.9 Å². The molecule has 0 saturated carbocycles. The molecule has 3 aromatic heterocycles. The molecule has 1 aromatic carbocycles. The van der Waals surface area contributed by atoms with Gasteiger partial charge < -0.3 is 15.3 Å². The van der Waals surface area contributed by atoms with Crippen molar-refractivity contribution in [2.75, 3.05) is 26.2 Å². The predicted octanol–water partition coefficient (Wildman–Crippen LogP) is 3.58. The molecule has 0 atom stereocenters. The monoisotopic (exact) mass is 401 g/mol. The molecule has 1 amide bonds. The Kier molecular flexibility index (Phi) is 5.24. The third-order valence-electron chi connectivity index (χ3n) is 6.27. The zero-order chi connectivity index (χ0) is 20.3. The number of H-pyrrole nitrogens is 2. The highest BCUT2D eigenvalue weighted by Crippen LogP contribution is 2.32. The molecule has 0 bridgehead atoms. The van der Waals surface area contributed by atoms with Crippen molar-refractivity contribution >= 4 is 27.8 Å². The number of aromatic nitrogens is 3. The van der Waals surface area contributed by atoms with E-state index < -0.39 is 0 Å². The Bertz CT molecular complexity index is 1150. The second-order valence-corrected chi connectivity index (χ2v) is 8.15. The Morgan fingerprint density at radius 3 is 2.80 bits per heavy atom. The van der Waals surface area contributed by atoms with Gasteiger partial charge in [-0.1, -0.05) is 18.2 Å². The minimum Gasteiger partial charge on any atom is -0.361 e. The van der Waals surface area contributed by atoms with Crippen LogP contribution in [0.4, 0.5) is 0 Å². The smallest absolute Gasteiger partial charge is 0.234 e. The summed E-state index contributed by atoms with van der Waals surface area (Å²) in [7, 11) is 0. The molecule has 6 nitrogen and oxygen atoms in total. The van der Waals surface area contributed by atoms with Crippen LogP contribution in [-0.2, 0) is 11.2 Å². The molecule has 5 rings (SSSR count). The topological polar surface area (TPSA) is 76.8 Å². The van der Waals surface area contributed by atoms with Crippen LogP contribution in [0.5, 0.6) is 0 Å². The van der Waals surface area contributed by atoms with Gasteiger partial charge >= 0.3 is 0 Å². The first kappa shape index (κ1) is 18.9. The number of likely N-dealkylation sites (tertiary alicyclic amines) is 1. The first-order chi connectivity index (χ1) is 14.8. The standard InChI is InChI=1S/C24H27N5O/c30-23(25-11-7-18-14-27-22-6-2-1-4-19(18)22)16-29-12-8-17(9-13-29)21-15-28-24-20(21)5-3-10-26-24/h1-6,10,14-15,17,27H,7-9,11-13,16H2,(H,25,30)(H,26,28). The number of piperidine rings is 1. The molecule has 1 fully saturated rings. The van der Waals surface area contributed by atoms with Gasteiger partial charge in [0.05, 0.1) is 6.54 Å². The minimum atomic E-state index is 0.115. The first-order valence-electron chi connectivity index (χ1n) is 10.7. The average molecular weight is 402 g/mol. The number of pyridine rings is 1. The quantitative estimate of drug-likeness (QED) is 0.462. The molecular formula is C24H27N5O. The van der Waals surface area contributed by atoms with Gasteiger partial charge in [-0.05, 0) is 67.6 Å². The molecule has 4 heterocycles. The number of benzene rings is 1. The summed E-state index contributed by atoms with van der Waals surface area (Å²) in [6.45, 7) is 3.05. The molecule has 1 saturated heterocycles. The maximum Gasteiger partial charge on any atom is 0.234 e. The van der Waals surface area contributed by atoms with Gasteiger partial charge in [-0.15, -0.1) is 0 Å². The van der Waals surface area contributed by atoms with Crippen molar-refractivity contribution in [2.24, 2.45) is 0 Å². The van der Waals surface area contributed by atoms with E-state index in [0.29, 0.717) is 19.0 Å². The van der Waals surface area contributed by atoms with Gasteiger partial charge in [-0.25, -0.2) is 4.98 Å². The number of nitrogens with one attached hydrogen (secondary N) is 3. The van der Waals surface area contributed by atoms with Crippen LogP contribution in [0.15, 0.2) is 55.0 Å². The Balaban J connectivity index is 1.09. The van der Waals surface area contributed by atoms with Crippen LogP contribution >= 0.6 is 0 Å². The van der Waals surface area contributed by atoms with Gasteiger partial charge in [-0.3, -0.25) is 9.69 Å². The van der Waals surface area contributed by atoms with Crippen LogP contribution in [-0.4, -0.2) is 51.9 Å². The van der Waals surface area contributed by atoms with Crippen LogP contribution in [0, 0.1) is 0 Å². The maximum atomic E-state index is 12.4. The van der Waals surface area contributed by atoms with Crippen LogP contribution in [0.25, 0.3) is 21.9 Å². The summed E-state index contributed by atoms with van der Waals surface area (Å²) in [6.07, 6.45) is 8.96. The normalized spacial score (nSPS) is 15.7. The lowest BCUT2D eigenvalue weighted by Crippen LogP contribution is -2.41. The highest BCUT2D eigenvalue weighted by atomic mass is 16.2. The van der Waals surface area contributed by atoms with Crippen molar-refractivity contribution in [3.05, 3.63) is 66.1 Å². The van der Waals surface area contributed by atoms with E-state index in [1.807, 2.05) is 24.5 Å². The number of fused-ring (bicyclic) bond motifs is 2. The fourth-order valence-corrected chi connectivity index (χ4v) is 4.65. The molecule has 6 heteroatoms. The third kappa shape index (κ3) is 3.83. The molecule has 1 aliphatic heterocycles. The van der Waals surface area contributed by atoms with Gasteiger partial charge in [0.1, 0.15) is 5.65 Å². The lowest BCUT2D eigenvalue weighted by Gasteiger charge is -2.31. The van der Waals surface area contributed by atoms with Gasteiger partial charge in [0.2, 0.25) is 5.91 Å². The second kappa shape index (κ2) is 8.32. The lowest BCUT2D eigenvalue weighted by molar-refractivity contribution is -0.122. The second-order valence-electron chi connectivity index (χ2n) is 8.15. The maximum absolute atomic E-state index is 12.4. The number of rotatable bonds is 6. The zero-order valence-electron chi connectivity index (χ0n) is 17.0. The fourth-order valence-electron chi connectivity index (χ4n) is 4.65. The van der Waals surface area contributed by atoms with E-state index >= 15 is 0 Å². The number of aromatic amines is 2. The third-order valence-corrected chi connectivity index (χ3v) is 6.27. The molecular weight excluding hydrogens is 374 g/mol. The largest absolute Gasteiger partial charge is 0.361 e. The molecule has 0 unspecified atom stereocenters. The van der Waals surface area contributed by atoms with E-state index in [-0.39, 0.29) is 5.91 Å². The summed E-state index contributed by atoms with van der Waals surface area (Å²) in [5.41, 5.74) is 4.72. The van der Waals surface area contributed by atoms with E-state index in [4.69, 9.17) is 0 Å². The minimum absolute atomic E-state index is 0.115. The SMILES string of the molecule is O=C(CN1CCC(c2c[nH]c3ncccc23)CC1)NCCc1c[nH]c2ccccc12. The van der Waals surface area contributed by atoms with E-state index in [2.05, 4.69) is 55.6 Å².